The van der Waals surface area contributed by atoms with Gasteiger partial charge in [-0.25, -0.2) is 0 Å². The van der Waals surface area contributed by atoms with E-state index in [0.717, 1.165) is 19.3 Å². The second-order valence-electron chi connectivity index (χ2n) is 3.76. The van der Waals surface area contributed by atoms with Gasteiger partial charge < -0.3 is 20.5 Å². The molecule has 0 saturated heterocycles. The van der Waals surface area contributed by atoms with E-state index in [0.29, 0.717) is 6.54 Å². The summed E-state index contributed by atoms with van der Waals surface area (Å²) in [5, 5.41) is 25.3. The summed E-state index contributed by atoms with van der Waals surface area (Å²) in [4.78, 5) is 21.2. The van der Waals surface area contributed by atoms with E-state index in [-0.39, 0.29) is 24.9 Å². The second-order valence-corrected chi connectivity index (χ2v) is 3.76. The molecular weight excluding hydrogens is 240 g/mol. The molecule has 1 rings (SSSR count). The average Bonchev–Trinajstić information content (AvgIpc) is 2.77. The Morgan fingerprint density at radius 3 is 2.89 bits per heavy atom. The fraction of sp³-hybridized carbons (Fsp3) is 0.600. The Bertz CT molecular complexity index is 404. The first-order valence-electron chi connectivity index (χ1n) is 5.69. The number of nitro groups is 1. The van der Waals surface area contributed by atoms with Gasteiger partial charge in [-0.05, 0) is 24.2 Å². The number of aromatic nitrogens is 2. The van der Waals surface area contributed by atoms with Gasteiger partial charge in [-0.15, -0.1) is 0 Å². The lowest BCUT2D eigenvalue weighted by molar-refractivity contribution is -0.389. The maximum atomic E-state index is 11.4. The topological polar surface area (TPSA) is 110 Å². The van der Waals surface area contributed by atoms with Crippen LogP contribution in [0.5, 0.6) is 0 Å². The zero-order valence-electron chi connectivity index (χ0n) is 9.91. The van der Waals surface area contributed by atoms with Crippen molar-refractivity contribution in [3.63, 3.8) is 0 Å². The highest BCUT2D eigenvalue weighted by molar-refractivity contribution is 5.75. The molecule has 18 heavy (non-hydrogen) atoms. The Morgan fingerprint density at radius 1 is 1.50 bits per heavy atom. The highest BCUT2D eigenvalue weighted by atomic mass is 16.6. The van der Waals surface area contributed by atoms with Crippen molar-refractivity contribution in [3.05, 3.63) is 22.4 Å². The lowest BCUT2D eigenvalue weighted by Crippen LogP contribution is -2.28. The van der Waals surface area contributed by atoms with Crippen LogP contribution in [-0.2, 0) is 11.3 Å². The molecule has 0 unspecified atom stereocenters. The minimum atomic E-state index is -0.608. The minimum Gasteiger partial charge on any atom is -0.396 e. The highest BCUT2D eigenvalue weighted by Crippen LogP contribution is 2.04. The summed E-state index contributed by atoms with van der Waals surface area (Å²) in [5.41, 5.74) is 0. The first-order chi connectivity index (χ1) is 8.63. The zero-order chi connectivity index (χ0) is 13.4. The molecule has 0 fully saturated rings. The van der Waals surface area contributed by atoms with Crippen LogP contribution in [-0.4, -0.2) is 38.9 Å². The number of aliphatic hydroxyl groups is 1. The van der Waals surface area contributed by atoms with Crippen LogP contribution in [0.2, 0.25) is 0 Å². The van der Waals surface area contributed by atoms with E-state index < -0.39 is 4.92 Å². The molecule has 0 aliphatic carbocycles. The van der Waals surface area contributed by atoms with E-state index in [4.69, 9.17) is 5.11 Å². The molecule has 100 valence electrons. The first-order valence-corrected chi connectivity index (χ1v) is 5.69. The summed E-state index contributed by atoms with van der Waals surface area (Å²) in [7, 11) is 0. The maximum absolute atomic E-state index is 11.4. The van der Waals surface area contributed by atoms with Crippen LogP contribution in [0.25, 0.3) is 0 Å². The van der Waals surface area contributed by atoms with Gasteiger partial charge in [0.05, 0.1) is 17.4 Å². The van der Waals surface area contributed by atoms with E-state index in [9.17, 15) is 14.9 Å². The minimum absolute atomic E-state index is 0.0339. The molecule has 0 bridgehead atoms. The lowest BCUT2D eigenvalue weighted by atomic mass is 10.2. The molecule has 0 radical (unpaired) electrons. The molecule has 0 aliphatic heterocycles. The van der Waals surface area contributed by atoms with Crippen molar-refractivity contribution in [1.82, 2.24) is 15.1 Å². The summed E-state index contributed by atoms with van der Waals surface area (Å²) < 4.78 is 1.22. The number of unbranched alkanes of at least 4 members (excludes halogenated alkanes) is 2. The zero-order valence-corrected chi connectivity index (χ0v) is 9.91. The monoisotopic (exact) mass is 256 g/mol. The van der Waals surface area contributed by atoms with Crippen molar-refractivity contribution in [1.29, 1.82) is 0 Å². The van der Waals surface area contributed by atoms with Crippen LogP contribution in [0.3, 0.4) is 0 Å². The van der Waals surface area contributed by atoms with Gasteiger partial charge >= 0.3 is 5.82 Å². The summed E-state index contributed by atoms with van der Waals surface area (Å²) in [6.07, 6.45) is 3.76. The van der Waals surface area contributed by atoms with Gasteiger partial charge in [-0.2, -0.15) is 4.68 Å². The first kappa shape index (κ1) is 14.1. The summed E-state index contributed by atoms with van der Waals surface area (Å²) >= 11 is 0. The molecule has 0 aliphatic rings. The normalized spacial score (nSPS) is 10.3. The fourth-order valence-electron chi connectivity index (χ4n) is 1.38. The van der Waals surface area contributed by atoms with Gasteiger partial charge in [0.1, 0.15) is 6.54 Å². The molecular formula is C10H16N4O4. The van der Waals surface area contributed by atoms with Crippen LogP contribution in [0, 0.1) is 10.1 Å². The van der Waals surface area contributed by atoms with Crippen molar-refractivity contribution in [2.24, 2.45) is 0 Å². The predicted octanol–water partition coefficient (Wildman–Crippen LogP) is 0.0701. The molecule has 0 spiro atoms. The predicted molar refractivity (Wildman–Crippen MR) is 62.8 cm³/mol. The molecule has 1 aromatic heterocycles. The highest BCUT2D eigenvalue weighted by Gasteiger charge is 2.12. The third kappa shape index (κ3) is 4.91. The van der Waals surface area contributed by atoms with Crippen molar-refractivity contribution < 1.29 is 14.8 Å². The van der Waals surface area contributed by atoms with E-state index >= 15 is 0 Å². The van der Waals surface area contributed by atoms with Crippen molar-refractivity contribution in [2.45, 2.75) is 25.8 Å². The summed E-state index contributed by atoms with van der Waals surface area (Å²) in [6, 6.07) is 1.24. The van der Waals surface area contributed by atoms with E-state index in [1.807, 2.05) is 0 Å². The third-order valence-electron chi connectivity index (χ3n) is 2.28. The Kier molecular flexibility index (Phi) is 5.78. The molecule has 8 nitrogen and oxygen atoms in total. The Labute approximate surface area is 104 Å². The number of carbonyl (C=O) groups excluding carboxylic acids is 1. The van der Waals surface area contributed by atoms with E-state index in [1.54, 1.807) is 0 Å². The van der Waals surface area contributed by atoms with Crippen molar-refractivity contribution in [2.75, 3.05) is 13.2 Å². The number of carbonyl (C=O) groups is 1. The van der Waals surface area contributed by atoms with E-state index in [1.165, 1.54) is 16.9 Å². The molecule has 1 heterocycles. The standard InChI is InChI=1S/C10H16N4O4/c15-7-3-1-2-5-11-10(16)8-13-6-4-9(12-13)14(17)18/h4,6,15H,1-3,5,7-8H2,(H,11,16). The van der Waals surface area contributed by atoms with Crippen LogP contribution in [0.1, 0.15) is 19.3 Å². The lowest BCUT2D eigenvalue weighted by Gasteiger charge is -2.03. The van der Waals surface area contributed by atoms with Crippen LogP contribution < -0.4 is 5.32 Å². The molecule has 0 aromatic carbocycles. The Morgan fingerprint density at radius 2 is 2.28 bits per heavy atom. The fourth-order valence-corrected chi connectivity index (χ4v) is 1.38. The number of aliphatic hydroxyl groups excluding tert-OH is 1. The van der Waals surface area contributed by atoms with Gasteiger partial charge in [0.25, 0.3) is 0 Å². The van der Waals surface area contributed by atoms with Gasteiger partial charge in [0.15, 0.2) is 0 Å². The molecule has 8 heteroatoms. The molecule has 1 amide bonds. The molecule has 0 atom stereocenters. The number of hydrogen-bond donors (Lipinski definition) is 2. The van der Waals surface area contributed by atoms with Crippen LogP contribution >= 0.6 is 0 Å². The maximum Gasteiger partial charge on any atom is 0.389 e. The number of nitrogens with one attached hydrogen (secondary N) is 1. The van der Waals surface area contributed by atoms with Gasteiger partial charge in [-0.3, -0.25) is 4.79 Å². The summed E-state index contributed by atoms with van der Waals surface area (Å²) in [6.45, 7) is 0.654. The van der Waals surface area contributed by atoms with Crippen LogP contribution in [0.4, 0.5) is 5.82 Å². The third-order valence-corrected chi connectivity index (χ3v) is 2.28. The SMILES string of the molecule is O=C(Cn1ccc([N+](=O)[O-])n1)NCCCCCO. The summed E-state index contributed by atoms with van der Waals surface area (Å²) in [5.74, 6) is -0.511. The number of amides is 1. The van der Waals surface area contributed by atoms with Gasteiger partial charge in [0, 0.05) is 13.2 Å². The van der Waals surface area contributed by atoms with Crippen molar-refractivity contribution in [3.8, 4) is 0 Å². The molecule has 2 N–H and O–H groups in total. The van der Waals surface area contributed by atoms with Crippen molar-refractivity contribution >= 4 is 11.7 Å². The molecule has 0 saturated carbocycles. The number of rotatable bonds is 8. The average molecular weight is 256 g/mol. The van der Waals surface area contributed by atoms with Gasteiger partial charge in [-0.1, -0.05) is 0 Å². The van der Waals surface area contributed by atoms with Crippen LogP contribution in [0.15, 0.2) is 12.3 Å². The quantitative estimate of drug-likeness (QED) is 0.388. The largest absolute Gasteiger partial charge is 0.396 e. The Balaban J connectivity index is 2.24. The second kappa shape index (κ2) is 7.38. The van der Waals surface area contributed by atoms with Gasteiger partial charge in [0.2, 0.25) is 5.91 Å². The molecule has 1 aromatic rings. The number of nitrogens with zero attached hydrogens (tertiary/aromatic N) is 3. The smallest absolute Gasteiger partial charge is 0.389 e. The Hall–Kier alpha value is -1.96. The number of hydrogen-bond acceptors (Lipinski definition) is 5. The van der Waals surface area contributed by atoms with E-state index in [2.05, 4.69) is 10.4 Å².